The molecule has 0 fully saturated rings. The summed E-state index contributed by atoms with van der Waals surface area (Å²) in [7, 11) is 0. The summed E-state index contributed by atoms with van der Waals surface area (Å²) in [5.41, 5.74) is 5.84. The lowest BCUT2D eigenvalue weighted by atomic mass is 10.3. The molecule has 0 saturated carbocycles. The molecule has 2 rings (SSSR count). The quantitative estimate of drug-likeness (QED) is 0.791. The van der Waals surface area contributed by atoms with E-state index in [-0.39, 0.29) is 0 Å². The molecule has 17 heavy (non-hydrogen) atoms. The summed E-state index contributed by atoms with van der Waals surface area (Å²) in [5, 5.41) is 3.14. The highest BCUT2D eigenvalue weighted by Gasteiger charge is 2.13. The smallest absolute Gasteiger partial charge is 0.0561 e. The molecule has 1 aromatic carbocycles. The van der Waals surface area contributed by atoms with Crippen molar-refractivity contribution in [3.63, 3.8) is 0 Å². The molecule has 1 unspecified atom stereocenters. The minimum Gasteiger partial charge on any atom is -0.329 e. The van der Waals surface area contributed by atoms with E-state index >= 15 is 0 Å². The molecule has 2 N–H and O–H groups in total. The Morgan fingerprint density at radius 3 is 2.59 bits per heavy atom. The molecule has 90 valence electrons. The maximum atomic E-state index is 5.86. The number of rotatable bonds is 4. The number of thioether (sulfide) groups is 1. The van der Waals surface area contributed by atoms with Crippen LogP contribution in [0.3, 0.4) is 0 Å². The highest BCUT2D eigenvalue weighted by molar-refractivity contribution is 9.10. The van der Waals surface area contributed by atoms with Gasteiger partial charge in [0.1, 0.15) is 0 Å². The molecule has 0 bridgehead atoms. The lowest BCUT2D eigenvalue weighted by Crippen LogP contribution is -2.07. The fourth-order valence-corrected chi connectivity index (χ4v) is 4.17. The van der Waals surface area contributed by atoms with Crippen molar-refractivity contribution in [3.05, 3.63) is 50.1 Å². The zero-order chi connectivity index (χ0) is 12.3. The highest BCUT2D eigenvalue weighted by Crippen LogP contribution is 2.38. The van der Waals surface area contributed by atoms with Crippen LogP contribution in [0.15, 0.2) is 45.1 Å². The molecular formula is C12H11BrClNS2. The first-order chi connectivity index (χ1) is 8.19. The van der Waals surface area contributed by atoms with Gasteiger partial charge in [0.15, 0.2) is 0 Å². The minimum absolute atomic E-state index is 0.299. The average molecular weight is 349 g/mol. The van der Waals surface area contributed by atoms with Crippen molar-refractivity contribution in [1.82, 2.24) is 0 Å². The van der Waals surface area contributed by atoms with Crippen LogP contribution in [0.2, 0.25) is 5.02 Å². The fraction of sp³-hybridized carbons (Fsp3) is 0.167. The molecule has 1 aromatic heterocycles. The van der Waals surface area contributed by atoms with E-state index in [9.17, 15) is 0 Å². The van der Waals surface area contributed by atoms with Crippen LogP contribution in [0, 0.1) is 0 Å². The van der Waals surface area contributed by atoms with Crippen LogP contribution in [0.5, 0.6) is 0 Å². The second-order valence-electron chi connectivity index (χ2n) is 3.46. The Morgan fingerprint density at radius 2 is 2.06 bits per heavy atom. The first-order valence-electron chi connectivity index (χ1n) is 5.05. The van der Waals surface area contributed by atoms with E-state index in [1.54, 1.807) is 23.1 Å². The lowest BCUT2D eigenvalue weighted by Gasteiger charge is -2.12. The van der Waals surface area contributed by atoms with Gasteiger partial charge in [-0.1, -0.05) is 11.6 Å². The van der Waals surface area contributed by atoms with E-state index in [0.717, 1.165) is 9.50 Å². The fourth-order valence-electron chi connectivity index (χ4n) is 1.40. The predicted octanol–water partition coefficient (Wildman–Crippen LogP) is 4.96. The third-order valence-electron chi connectivity index (χ3n) is 2.21. The molecule has 1 heterocycles. The molecule has 0 aliphatic rings. The maximum Gasteiger partial charge on any atom is 0.0561 e. The summed E-state index contributed by atoms with van der Waals surface area (Å²) >= 11 is 12.8. The number of nitrogens with two attached hydrogens (primary N) is 1. The van der Waals surface area contributed by atoms with Crippen LogP contribution in [-0.2, 0) is 0 Å². The molecular weight excluding hydrogens is 338 g/mol. The predicted molar refractivity (Wildman–Crippen MR) is 81.1 cm³/mol. The van der Waals surface area contributed by atoms with Gasteiger partial charge in [-0.05, 0) is 46.3 Å². The number of halogens is 2. The molecule has 2 aromatic rings. The summed E-state index contributed by atoms with van der Waals surface area (Å²) < 4.78 is 1.12. The van der Waals surface area contributed by atoms with Crippen LogP contribution in [0.1, 0.15) is 10.1 Å². The standard InChI is InChI=1S/C12H11BrClNS2/c13-8-5-11(16-7-8)12(6-15)17-10-3-1-9(14)2-4-10/h1-5,7,12H,6,15H2. The zero-order valence-electron chi connectivity index (χ0n) is 8.90. The number of benzene rings is 1. The van der Waals surface area contributed by atoms with E-state index in [1.807, 2.05) is 24.3 Å². The molecule has 1 atom stereocenters. The normalized spacial score (nSPS) is 12.6. The second-order valence-corrected chi connectivity index (χ2v) is 7.03. The second kappa shape index (κ2) is 6.25. The summed E-state index contributed by atoms with van der Waals surface area (Å²) in [6.07, 6.45) is 0. The van der Waals surface area contributed by atoms with Gasteiger partial charge in [0.2, 0.25) is 0 Å². The molecule has 0 radical (unpaired) electrons. The molecule has 0 aliphatic heterocycles. The Hall–Kier alpha value is -0.0000000000000000833. The van der Waals surface area contributed by atoms with Crippen LogP contribution < -0.4 is 5.73 Å². The largest absolute Gasteiger partial charge is 0.329 e. The Bertz CT molecular complexity index is 484. The van der Waals surface area contributed by atoms with Gasteiger partial charge in [-0.15, -0.1) is 23.1 Å². The highest BCUT2D eigenvalue weighted by atomic mass is 79.9. The van der Waals surface area contributed by atoms with E-state index < -0.39 is 0 Å². The number of thiophene rings is 1. The molecule has 5 heteroatoms. The minimum atomic E-state index is 0.299. The van der Waals surface area contributed by atoms with Crippen molar-refractivity contribution in [2.45, 2.75) is 10.1 Å². The summed E-state index contributed by atoms with van der Waals surface area (Å²) in [4.78, 5) is 2.48. The van der Waals surface area contributed by atoms with Crippen LogP contribution >= 0.6 is 50.6 Å². The number of hydrogen-bond donors (Lipinski definition) is 1. The first-order valence-corrected chi connectivity index (χ1v) is 7.98. The summed E-state index contributed by atoms with van der Waals surface area (Å²) in [6, 6.07) is 9.99. The van der Waals surface area contributed by atoms with Crippen molar-refractivity contribution in [1.29, 1.82) is 0 Å². The average Bonchev–Trinajstić information content (AvgIpc) is 2.75. The van der Waals surface area contributed by atoms with E-state index in [2.05, 4.69) is 27.4 Å². The maximum absolute atomic E-state index is 5.86. The van der Waals surface area contributed by atoms with Gasteiger partial charge in [0, 0.05) is 31.2 Å². The van der Waals surface area contributed by atoms with Crippen molar-refractivity contribution >= 4 is 50.6 Å². The molecule has 1 nitrogen and oxygen atoms in total. The van der Waals surface area contributed by atoms with Crippen LogP contribution in [0.25, 0.3) is 0 Å². The van der Waals surface area contributed by atoms with Gasteiger partial charge >= 0.3 is 0 Å². The van der Waals surface area contributed by atoms with Gasteiger partial charge in [-0.25, -0.2) is 0 Å². The van der Waals surface area contributed by atoms with Crippen LogP contribution in [-0.4, -0.2) is 6.54 Å². The molecule has 0 spiro atoms. The summed E-state index contributed by atoms with van der Waals surface area (Å²) in [6.45, 7) is 0.625. The van der Waals surface area contributed by atoms with Gasteiger partial charge in [-0.3, -0.25) is 0 Å². The first kappa shape index (κ1) is 13.4. The van der Waals surface area contributed by atoms with Crippen LogP contribution in [0.4, 0.5) is 0 Å². The van der Waals surface area contributed by atoms with E-state index in [4.69, 9.17) is 17.3 Å². The van der Waals surface area contributed by atoms with E-state index in [1.165, 1.54) is 9.77 Å². The monoisotopic (exact) mass is 347 g/mol. The van der Waals surface area contributed by atoms with Gasteiger partial charge in [-0.2, -0.15) is 0 Å². The van der Waals surface area contributed by atoms with Crippen molar-refractivity contribution in [3.8, 4) is 0 Å². The van der Waals surface area contributed by atoms with Crippen molar-refractivity contribution in [2.75, 3.05) is 6.54 Å². The lowest BCUT2D eigenvalue weighted by molar-refractivity contribution is 0.960. The molecule has 0 amide bonds. The van der Waals surface area contributed by atoms with Gasteiger partial charge < -0.3 is 5.73 Å². The SMILES string of the molecule is NCC(Sc1ccc(Cl)cc1)c1cc(Br)cs1. The molecule has 0 aliphatic carbocycles. The summed E-state index contributed by atoms with van der Waals surface area (Å²) in [5.74, 6) is 0. The Kier molecular flexibility index (Phi) is 4.94. The van der Waals surface area contributed by atoms with Crippen molar-refractivity contribution < 1.29 is 0 Å². The topological polar surface area (TPSA) is 26.0 Å². The van der Waals surface area contributed by atoms with E-state index in [0.29, 0.717) is 11.8 Å². The Labute approximate surface area is 122 Å². The molecule has 0 saturated heterocycles. The zero-order valence-corrected chi connectivity index (χ0v) is 12.9. The Morgan fingerprint density at radius 1 is 1.35 bits per heavy atom. The third-order valence-corrected chi connectivity index (χ3v) is 5.69. The number of hydrogen-bond acceptors (Lipinski definition) is 3. The third kappa shape index (κ3) is 3.73. The van der Waals surface area contributed by atoms with Gasteiger partial charge in [0.05, 0.1) is 5.25 Å². The van der Waals surface area contributed by atoms with Gasteiger partial charge in [0.25, 0.3) is 0 Å². The van der Waals surface area contributed by atoms with Crippen molar-refractivity contribution in [2.24, 2.45) is 5.73 Å². The Balaban J connectivity index is 2.12.